The lowest BCUT2D eigenvalue weighted by Crippen LogP contribution is -2.53. The number of hydrogen-bond acceptors (Lipinski definition) is 20. The molecule has 0 amide bonds. The van der Waals surface area contributed by atoms with E-state index in [1.165, 1.54) is 33.9 Å². The van der Waals surface area contributed by atoms with Gasteiger partial charge in [0.25, 0.3) is 0 Å². The highest BCUT2D eigenvalue weighted by atomic mass is 16.7. The molecule has 0 aromatic carbocycles. The minimum Gasteiger partial charge on any atom is -0.411 e. The monoisotopic (exact) mass is 770 g/mol. The molecule has 304 valence electrons. The lowest BCUT2D eigenvalue weighted by Gasteiger charge is -2.31. The van der Waals surface area contributed by atoms with E-state index in [-0.39, 0.29) is 31.5 Å². The van der Waals surface area contributed by atoms with E-state index >= 15 is 0 Å². The summed E-state index contributed by atoms with van der Waals surface area (Å²) in [5.74, 6) is -0.590. The number of oxime groups is 4. The minimum absolute atomic E-state index is 0.132. The highest BCUT2D eigenvalue weighted by Gasteiger charge is 2.29. The van der Waals surface area contributed by atoms with Gasteiger partial charge in [0.05, 0.1) is 39.5 Å². The summed E-state index contributed by atoms with van der Waals surface area (Å²) in [6.45, 7) is 18.5. The Labute approximate surface area is 312 Å². The van der Waals surface area contributed by atoms with Crippen LogP contribution in [0.3, 0.4) is 0 Å². The molecule has 0 saturated heterocycles. The van der Waals surface area contributed by atoms with Crippen LogP contribution >= 0.6 is 0 Å². The van der Waals surface area contributed by atoms with Crippen LogP contribution in [0.25, 0.3) is 0 Å². The molecule has 0 spiro atoms. The SMILES string of the molecule is C/C(=N\O)C(C)(C)NC[C@@H](Cn1ccnc1[N+](=O)[O-])ONC(C)(C)/C(C)=N/O.C/C(CNC[C@@H](Cn1ccnc1[N+](=O)[O-])ONC(C)(C)/C(C)=N/O)=N\O. The lowest BCUT2D eigenvalue weighted by atomic mass is 9.99. The number of hydroxylamine groups is 2. The van der Waals surface area contributed by atoms with Gasteiger partial charge in [-0.2, -0.15) is 11.0 Å². The Morgan fingerprint density at radius 3 is 1.48 bits per heavy atom. The quantitative estimate of drug-likeness (QED) is 0.0368. The van der Waals surface area contributed by atoms with Crippen molar-refractivity contribution in [2.75, 3.05) is 19.6 Å². The molecular formula is C30H54N14O10. The van der Waals surface area contributed by atoms with E-state index in [0.717, 1.165) is 0 Å². The van der Waals surface area contributed by atoms with Gasteiger partial charge in [0.1, 0.15) is 50.1 Å². The lowest BCUT2D eigenvalue weighted by molar-refractivity contribution is -0.397. The molecule has 2 atom stereocenters. The summed E-state index contributed by atoms with van der Waals surface area (Å²) in [4.78, 5) is 39.9. The molecule has 0 aliphatic heterocycles. The van der Waals surface area contributed by atoms with Crippen molar-refractivity contribution in [3.8, 4) is 0 Å². The third-order valence-corrected chi connectivity index (χ3v) is 8.33. The Morgan fingerprint density at radius 1 is 0.722 bits per heavy atom. The van der Waals surface area contributed by atoms with E-state index in [2.05, 4.69) is 52.2 Å². The normalized spacial score (nSPS) is 14.7. The summed E-state index contributed by atoms with van der Waals surface area (Å²) in [6.07, 6.45) is 4.57. The van der Waals surface area contributed by atoms with Gasteiger partial charge in [-0.15, -0.1) is 0 Å². The minimum atomic E-state index is -0.772. The third-order valence-electron chi connectivity index (χ3n) is 8.33. The van der Waals surface area contributed by atoms with E-state index in [9.17, 15) is 20.2 Å². The Hall–Kier alpha value is -5.14. The van der Waals surface area contributed by atoms with Gasteiger partial charge in [0.2, 0.25) is 0 Å². The van der Waals surface area contributed by atoms with Crippen molar-refractivity contribution in [3.63, 3.8) is 0 Å². The highest BCUT2D eigenvalue weighted by molar-refractivity contribution is 5.90. The van der Waals surface area contributed by atoms with Crippen LogP contribution in [0, 0.1) is 20.2 Å². The van der Waals surface area contributed by atoms with Crippen molar-refractivity contribution >= 4 is 34.7 Å². The topological polar surface area (TPSA) is 319 Å². The number of aromatic nitrogens is 4. The molecule has 0 fully saturated rings. The van der Waals surface area contributed by atoms with E-state index in [1.54, 1.807) is 55.4 Å². The number of nitro groups is 2. The number of nitrogens with one attached hydrogen (secondary N) is 4. The third kappa shape index (κ3) is 15.1. The van der Waals surface area contributed by atoms with Crippen molar-refractivity contribution in [1.82, 2.24) is 40.7 Å². The van der Waals surface area contributed by atoms with Gasteiger partial charge < -0.3 is 51.7 Å². The molecule has 24 nitrogen and oxygen atoms in total. The molecular weight excluding hydrogens is 716 g/mol. The zero-order valence-electron chi connectivity index (χ0n) is 32.2. The van der Waals surface area contributed by atoms with Crippen molar-refractivity contribution < 1.29 is 40.4 Å². The van der Waals surface area contributed by atoms with Gasteiger partial charge in [-0.1, -0.05) is 30.6 Å². The Kier molecular flexibility index (Phi) is 18.7. The molecule has 8 N–H and O–H groups in total. The largest absolute Gasteiger partial charge is 0.434 e. The molecule has 54 heavy (non-hydrogen) atoms. The second-order valence-corrected chi connectivity index (χ2v) is 13.7. The maximum atomic E-state index is 11.1. The molecule has 0 aliphatic rings. The summed E-state index contributed by atoms with van der Waals surface area (Å²) in [5.41, 5.74) is 5.24. The molecule has 2 aromatic rings. The summed E-state index contributed by atoms with van der Waals surface area (Å²) in [7, 11) is 0. The van der Waals surface area contributed by atoms with Crippen LogP contribution < -0.4 is 21.6 Å². The Balaban J connectivity index is 0.000000541. The van der Waals surface area contributed by atoms with Crippen molar-refractivity contribution in [2.45, 2.75) is 111 Å². The van der Waals surface area contributed by atoms with Crippen molar-refractivity contribution in [1.29, 1.82) is 0 Å². The molecule has 0 saturated carbocycles. The van der Waals surface area contributed by atoms with E-state index in [4.69, 9.17) is 30.5 Å². The van der Waals surface area contributed by atoms with Crippen LogP contribution in [-0.4, -0.2) is 121 Å². The molecule has 0 unspecified atom stereocenters. The van der Waals surface area contributed by atoms with E-state index < -0.39 is 38.7 Å². The average molecular weight is 771 g/mol. The summed E-state index contributed by atoms with van der Waals surface area (Å²) in [5, 5.41) is 76.6. The van der Waals surface area contributed by atoms with Gasteiger partial charge in [-0.3, -0.25) is 9.68 Å². The van der Waals surface area contributed by atoms with Crippen LogP contribution in [0.2, 0.25) is 0 Å². The summed E-state index contributed by atoms with van der Waals surface area (Å²) in [6, 6.07) is 0. The van der Waals surface area contributed by atoms with Gasteiger partial charge in [0, 0.05) is 19.6 Å². The molecule has 2 aromatic heterocycles. The molecule has 2 heterocycles. The van der Waals surface area contributed by atoms with Gasteiger partial charge in [0.15, 0.2) is 0 Å². The zero-order valence-corrected chi connectivity index (χ0v) is 32.2. The first-order chi connectivity index (χ1) is 25.1. The predicted molar refractivity (Wildman–Crippen MR) is 196 cm³/mol. The molecule has 2 rings (SSSR count). The smallest absolute Gasteiger partial charge is 0.411 e. The first-order valence-corrected chi connectivity index (χ1v) is 16.5. The maximum absolute atomic E-state index is 11.1. The number of hydrogen-bond donors (Lipinski definition) is 8. The number of nitrogens with zero attached hydrogens (tertiary/aromatic N) is 10. The standard InChI is InChI=1S/C16H29N7O5.C14H25N7O5/c1-11(19-24)15(3,4)18-9-13(28-21-16(5,6)12(2)20-25)10-22-8-7-17-14(22)23(26)27;1-10(17-22)7-15-8-12(26-19-14(3,4)11(2)18-23)9-20-6-5-16-13(20)21(24)25/h7-8,13,18,21,24-25H,9-10H2,1-6H3;5-6,12,15,19,22-23H,7-9H2,1-4H3/b19-11+,20-12+;17-10+,18-11+/t13-;12-/m00/s1. The number of rotatable bonds is 22. The maximum Gasteiger partial charge on any atom is 0.434 e. The fraction of sp³-hybridized carbons (Fsp3) is 0.667. The first-order valence-electron chi connectivity index (χ1n) is 16.5. The van der Waals surface area contributed by atoms with Crippen LogP contribution in [-0.2, 0) is 22.8 Å². The second kappa shape index (κ2) is 21.5. The number of imidazole rings is 2. The van der Waals surface area contributed by atoms with Gasteiger partial charge in [-0.25, -0.2) is 9.13 Å². The summed E-state index contributed by atoms with van der Waals surface area (Å²) < 4.78 is 2.73. The van der Waals surface area contributed by atoms with Crippen molar-refractivity contribution in [3.05, 3.63) is 45.0 Å². The van der Waals surface area contributed by atoms with E-state index in [0.29, 0.717) is 35.9 Å². The molecule has 0 radical (unpaired) electrons. The first kappa shape index (κ1) is 46.9. The average Bonchev–Trinajstić information content (AvgIpc) is 3.80. The zero-order chi connectivity index (χ0) is 41.3. The van der Waals surface area contributed by atoms with Gasteiger partial charge in [-0.05, 0) is 79.1 Å². The molecule has 0 aliphatic carbocycles. The second-order valence-electron chi connectivity index (χ2n) is 13.7. The van der Waals surface area contributed by atoms with E-state index in [1.807, 2.05) is 13.8 Å². The highest BCUT2D eigenvalue weighted by Crippen LogP contribution is 2.14. The summed E-state index contributed by atoms with van der Waals surface area (Å²) >= 11 is 0. The van der Waals surface area contributed by atoms with Crippen LogP contribution in [0.5, 0.6) is 0 Å². The van der Waals surface area contributed by atoms with Crippen LogP contribution in [0.4, 0.5) is 11.9 Å². The fourth-order valence-corrected chi connectivity index (χ4v) is 3.89. The van der Waals surface area contributed by atoms with Crippen molar-refractivity contribution in [2.24, 2.45) is 20.6 Å². The van der Waals surface area contributed by atoms with Gasteiger partial charge >= 0.3 is 11.9 Å². The molecule has 0 bridgehead atoms. The van der Waals surface area contributed by atoms with Crippen LogP contribution in [0.1, 0.15) is 69.2 Å². The fourth-order valence-electron chi connectivity index (χ4n) is 3.89. The predicted octanol–water partition coefficient (Wildman–Crippen LogP) is 2.28. The molecule has 24 heteroatoms. The Bertz CT molecular complexity index is 1580. The van der Waals surface area contributed by atoms with Crippen LogP contribution in [0.15, 0.2) is 45.4 Å². The Morgan fingerprint density at radius 2 is 1.11 bits per heavy atom.